The van der Waals surface area contributed by atoms with Crippen molar-refractivity contribution >= 4 is 21.7 Å². The van der Waals surface area contributed by atoms with Gasteiger partial charge >= 0.3 is 0 Å². The fraction of sp³-hybridized carbons (Fsp3) is 0.208. The van der Waals surface area contributed by atoms with Crippen LogP contribution in [0.1, 0.15) is 31.9 Å². The quantitative estimate of drug-likeness (QED) is 0.519. The zero-order valence-electron chi connectivity index (χ0n) is 17.1. The average Bonchev–Trinajstić information content (AvgIpc) is 2.72. The van der Waals surface area contributed by atoms with Crippen LogP contribution < -0.4 is 4.74 Å². The zero-order valence-corrected chi connectivity index (χ0v) is 17.9. The van der Waals surface area contributed by atoms with Crippen molar-refractivity contribution in [2.75, 3.05) is 7.11 Å². The third-order valence-electron chi connectivity index (χ3n) is 4.64. The molecular formula is C24H25NO3S. The van der Waals surface area contributed by atoms with Crippen molar-refractivity contribution in [3.63, 3.8) is 0 Å². The van der Waals surface area contributed by atoms with Crippen molar-refractivity contribution in [1.82, 2.24) is 0 Å². The van der Waals surface area contributed by atoms with Gasteiger partial charge in [0, 0.05) is 6.21 Å². The number of aliphatic imine (C=N–C) groups is 1. The Bertz CT molecular complexity index is 1110. The van der Waals surface area contributed by atoms with E-state index in [1.54, 1.807) is 48.7 Å². The van der Waals surface area contributed by atoms with Gasteiger partial charge in [0.25, 0.3) is 0 Å². The lowest BCUT2D eigenvalue weighted by Gasteiger charge is -2.18. The standard InChI is InChI=1S/C24H25NO3S/c1-24(2,3)19-12-10-18(11-13-19)17-25-22-16-21(14-15-23(22)28-4)29(26,27)20-8-6-5-7-9-20/h5-17H,1-4H3. The van der Waals surface area contributed by atoms with Crippen molar-refractivity contribution in [3.05, 3.63) is 83.9 Å². The molecule has 0 heterocycles. The Morgan fingerprint density at radius 3 is 2.10 bits per heavy atom. The number of methoxy groups -OCH3 is 1. The fourth-order valence-electron chi connectivity index (χ4n) is 2.89. The van der Waals surface area contributed by atoms with Crippen LogP contribution in [0.2, 0.25) is 0 Å². The highest BCUT2D eigenvalue weighted by Crippen LogP contribution is 2.32. The maximum absolute atomic E-state index is 12.9. The molecule has 0 aliphatic heterocycles. The summed E-state index contributed by atoms with van der Waals surface area (Å²) in [5.74, 6) is 0.513. The minimum Gasteiger partial charge on any atom is -0.494 e. The van der Waals surface area contributed by atoms with Crippen molar-refractivity contribution < 1.29 is 13.2 Å². The third-order valence-corrected chi connectivity index (χ3v) is 6.41. The fourth-order valence-corrected chi connectivity index (χ4v) is 4.19. The molecule has 3 aromatic rings. The topological polar surface area (TPSA) is 55.7 Å². The molecule has 4 nitrogen and oxygen atoms in total. The predicted octanol–water partition coefficient (Wildman–Crippen LogP) is 5.58. The summed E-state index contributed by atoms with van der Waals surface area (Å²) >= 11 is 0. The second-order valence-corrected chi connectivity index (χ2v) is 9.73. The van der Waals surface area contributed by atoms with E-state index in [1.807, 2.05) is 12.1 Å². The van der Waals surface area contributed by atoms with Crippen LogP contribution in [-0.2, 0) is 15.3 Å². The summed E-state index contributed by atoms with van der Waals surface area (Å²) in [6.07, 6.45) is 1.71. The van der Waals surface area contributed by atoms with Crippen LogP contribution in [0.3, 0.4) is 0 Å². The lowest BCUT2D eigenvalue weighted by molar-refractivity contribution is 0.416. The smallest absolute Gasteiger partial charge is 0.206 e. The van der Waals surface area contributed by atoms with Crippen LogP contribution in [-0.4, -0.2) is 21.7 Å². The number of nitrogens with zero attached hydrogens (tertiary/aromatic N) is 1. The minimum absolute atomic E-state index is 0.0824. The molecule has 0 aliphatic rings. The van der Waals surface area contributed by atoms with Gasteiger partial charge in [0.15, 0.2) is 0 Å². The summed E-state index contributed by atoms with van der Waals surface area (Å²) in [5.41, 5.74) is 2.71. The molecule has 0 aromatic heterocycles. The van der Waals surface area contributed by atoms with Crippen LogP contribution in [0.5, 0.6) is 5.75 Å². The van der Waals surface area contributed by atoms with Gasteiger partial charge in [0.2, 0.25) is 9.84 Å². The van der Waals surface area contributed by atoms with Crippen molar-refractivity contribution in [3.8, 4) is 5.75 Å². The molecule has 0 fully saturated rings. The summed E-state index contributed by atoms with van der Waals surface area (Å²) < 4.78 is 31.2. The van der Waals surface area contributed by atoms with Gasteiger partial charge in [-0.2, -0.15) is 0 Å². The molecule has 0 saturated carbocycles. The maximum atomic E-state index is 12.9. The van der Waals surface area contributed by atoms with Crippen LogP contribution >= 0.6 is 0 Å². The first-order valence-corrected chi connectivity index (χ1v) is 10.8. The van der Waals surface area contributed by atoms with Crippen LogP contribution in [0, 0.1) is 0 Å². The number of ether oxygens (including phenoxy) is 1. The van der Waals surface area contributed by atoms with E-state index in [-0.39, 0.29) is 15.2 Å². The molecule has 0 N–H and O–H groups in total. The lowest BCUT2D eigenvalue weighted by atomic mass is 9.87. The Morgan fingerprint density at radius 2 is 1.52 bits per heavy atom. The molecular weight excluding hydrogens is 382 g/mol. The van der Waals surface area contributed by atoms with E-state index < -0.39 is 9.84 Å². The Kier molecular flexibility index (Phi) is 5.89. The van der Waals surface area contributed by atoms with Gasteiger partial charge < -0.3 is 4.74 Å². The Hall–Kier alpha value is -2.92. The number of benzene rings is 3. The van der Waals surface area contributed by atoms with Gasteiger partial charge in [-0.1, -0.05) is 63.2 Å². The molecule has 0 unspecified atom stereocenters. The van der Waals surface area contributed by atoms with E-state index >= 15 is 0 Å². The van der Waals surface area contributed by atoms with E-state index in [0.29, 0.717) is 11.4 Å². The summed E-state index contributed by atoms with van der Waals surface area (Å²) in [6, 6.07) is 21.2. The Balaban J connectivity index is 1.95. The van der Waals surface area contributed by atoms with Gasteiger partial charge in [-0.25, -0.2) is 8.42 Å². The molecule has 3 aromatic carbocycles. The molecule has 0 atom stereocenters. The Morgan fingerprint density at radius 1 is 0.862 bits per heavy atom. The number of hydrogen-bond donors (Lipinski definition) is 0. The normalized spacial score (nSPS) is 12.3. The average molecular weight is 408 g/mol. The molecule has 29 heavy (non-hydrogen) atoms. The second kappa shape index (κ2) is 8.21. The van der Waals surface area contributed by atoms with Gasteiger partial charge in [0.05, 0.1) is 16.9 Å². The Labute approximate surface area is 172 Å². The SMILES string of the molecule is COc1ccc(S(=O)(=O)c2ccccc2)cc1N=Cc1ccc(C(C)(C)C)cc1. The molecule has 0 aliphatic carbocycles. The molecule has 0 saturated heterocycles. The highest BCUT2D eigenvalue weighted by Gasteiger charge is 2.19. The highest BCUT2D eigenvalue weighted by molar-refractivity contribution is 7.91. The van der Waals surface area contributed by atoms with Gasteiger partial charge in [-0.05, 0) is 46.9 Å². The van der Waals surface area contributed by atoms with Crippen LogP contribution in [0.4, 0.5) is 5.69 Å². The van der Waals surface area contributed by atoms with Gasteiger partial charge in [-0.15, -0.1) is 0 Å². The number of hydrogen-bond acceptors (Lipinski definition) is 4. The minimum atomic E-state index is -3.62. The maximum Gasteiger partial charge on any atom is 0.206 e. The van der Waals surface area contributed by atoms with E-state index in [4.69, 9.17) is 4.74 Å². The van der Waals surface area contributed by atoms with Crippen molar-refractivity contribution in [1.29, 1.82) is 0 Å². The van der Waals surface area contributed by atoms with Crippen molar-refractivity contribution in [2.24, 2.45) is 4.99 Å². The molecule has 5 heteroatoms. The second-order valence-electron chi connectivity index (χ2n) is 7.78. The molecule has 0 radical (unpaired) electrons. The first-order valence-electron chi connectivity index (χ1n) is 9.34. The highest BCUT2D eigenvalue weighted by atomic mass is 32.2. The van der Waals surface area contributed by atoms with Gasteiger partial charge in [-0.3, -0.25) is 4.99 Å². The van der Waals surface area contributed by atoms with E-state index in [1.165, 1.54) is 18.7 Å². The summed E-state index contributed by atoms with van der Waals surface area (Å²) in [7, 11) is -2.08. The molecule has 3 rings (SSSR count). The van der Waals surface area contributed by atoms with E-state index in [0.717, 1.165) is 5.56 Å². The molecule has 0 spiro atoms. The molecule has 150 valence electrons. The summed E-state index contributed by atoms with van der Waals surface area (Å²) in [5, 5.41) is 0. The van der Waals surface area contributed by atoms with E-state index in [9.17, 15) is 8.42 Å². The van der Waals surface area contributed by atoms with Crippen LogP contribution in [0.15, 0.2) is 87.6 Å². The first kappa shape index (κ1) is 20.8. The predicted molar refractivity (Wildman–Crippen MR) is 117 cm³/mol. The summed E-state index contributed by atoms with van der Waals surface area (Å²) in [6.45, 7) is 6.50. The third kappa shape index (κ3) is 4.74. The molecule has 0 bridgehead atoms. The number of sulfone groups is 1. The summed E-state index contributed by atoms with van der Waals surface area (Å²) in [4.78, 5) is 4.92. The van der Waals surface area contributed by atoms with E-state index in [2.05, 4.69) is 37.9 Å². The molecule has 0 amide bonds. The lowest BCUT2D eigenvalue weighted by Crippen LogP contribution is -2.10. The largest absolute Gasteiger partial charge is 0.494 e. The monoisotopic (exact) mass is 407 g/mol. The number of rotatable bonds is 5. The van der Waals surface area contributed by atoms with Crippen LogP contribution in [0.25, 0.3) is 0 Å². The van der Waals surface area contributed by atoms with Gasteiger partial charge in [0.1, 0.15) is 11.4 Å². The van der Waals surface area contributed by atoms with Crippen molar-refractivity contribution in [2.45, 2.75) is 36.0 Å². The first-order chi connectivity index (χ1) is 13.7. The zero-order chi connectivity index (χ0) is 21.1.